The minimum atomic E-state index is -0.742. The summed E-state index contributed by atoms with van der Waals surface area (Å²) >= 11 is 27.2. The molecular weight excluding hydrogens is 606 g/mol. The summed E-state index contributed by atoms with van der Waals surface area (Å²) in [6.45, 7) is 0.111. The number of benzene rings is 3. The number of hydrogen-bond donors (Lipinski definition) is 1. The Morgan fingerprint density at radius 2 is 1.38 bits per heavy atom. The predicted octanol–water partition coefficient (Wildman–Crippen LogP) is 8.62. The molecule has 1 unspecified atom stereocenters. The number of carbonyl (C=O) groups excluding carboxylic acids is 2. The Bertz CT molecular complexity index is 1260. The summed E-state index contributed by atoms with van der Waals surface area (Å²) in [6, 6.07) is 19.7. The first-order valence-corrected chi connectivity index (χ1v) is 16.1. The first-order valence-electron chi connectivity index (χ1n) is 13.4. The zero-order valence-electron chi connectivity index (χ0n) is 22.1. The predicted molar refractivity (Wildman–Crippen MR) is 169 cm³/mol. The number of amides is 2. The fourth-order valence-corrected chi connectivity index (χ4v) is 7.11. The molecule has 1 saturated carbocycles. The van der Waals surface area contributed by atoms with E-state index in [1.54, 1.807) is 41.3 Å². The largest absolute Gasteiger partial charge is 0.352 e. The van der Waals surface area contributed by atoms with Crippen LogP contribution in [0, 0.1) is 0 Å². The molecule has 1 fully saturated rings. The fourth-order valence-electron chi connectivity index (χ4n) is 4.95. The molecular formula is C31H32Cl4N2O2S. The van der Waals surface area contributed by atoms with Gasteiger partial charge >= 0.3 is 0 Å². The average molecular weight is 638 g/mol. The van der Waals surface area contributed by atoms with Crippen LogP contribution in [0.4, 0.5) is 0 Å². The van der Waals surface area contributed by atoms with Gasteiger partial charge in [0.15, 0.2) is 0 Å². The molecule has 212 valence electrons. The molecule has 1 N–H and O–H groups in total. The topological polar surface area (TPSA) is 49.4 Å². The Morgan fingerprint density at radius 1 is 0.800 bits per heavy atom. The van der Waals surface area contributed by atoms with Crippen molar-refractivity contribution in [3.8, 4) is 0 Å². The van der Waals surface area contributed by atoms with Crippen molar-refractivity contribution < 1.29 is 9.59 Å². The van der Waals surface area contributed by atoms with Gasteiger partial charge in [-0.05, 0) is 48.2 Å². The molecule has 0 aromatic heterocycles. The lowest BCUT2D eigenvalue weighted by atomic mass is 9.94. The monoisotopic (exact) mass is 636 g/mol. The minimum Gasteiger partial charge on any atom is -0.352 e. The normalized spacial score (nSPS) is 14.5. The lowest BCUT2D eigenvalue weighted by Crippen LogP contribution is -2.53. The van der Waals surface area contributed by atoms with Gasteiger partial charge in [0.05, 0.1) is 5.75 Å². The average Bonchev–Trinajstić information content (AvgIpc) is 2.94. The van der Waals surface area contributed by atoms with Gasteiger partial charge in [-0.25, -0.2) is 0 Å². The summed E-state index contributed by atoms with van der Waals surface area (Å²) in [5.74, 6) is 0.240. The second kappa shape index (κ2) is 15.4. The first kappa shape index (κ1) is 31.1. The van der Waals surface area contributed by atoms with Gasteiger partial charge in [-0.2, -0.15) is 0 Å². The molecule has 0 radical (unpaired) electrons. The maximum absolute atomic E-state index is 13.9. The van der Waals surface area contributed by atoms with Gasteiger partial charge in [-0.15, -0.1) is 11.8 Å². The Kier molecular flexibility index (Phi) is 11.9. The number of thioether (sulfide) groups is 1. The summed E-state index contributed by atoms with van der Waals surface area (Å²) in [7, 11) is 0. The van der Waals surface area contributed by atoms with Crippen molar-refractivity contribution in [2.75, 3.05) is 5.75 Å². The van der Waals surface area contributed by atoms with Crippen LogP contribution in [0.3, 0.4) is 0 Å². The Labute approximate surface area is 260 Å². The van der Waals surface area contributed by atoms with Gasteiger partial charge in [-0.3, -0.25) is 9.59 Å². The van der Waals surface area contributed by atoms with E-state index >= 15 is 0 Å². The maximum atomic E-state index is 13.9. The van der Waals surface area contributed by atoms with Gasteiger partial charge in [0.1, 0.15) is 6.04 Å². The zero-order chi connectivity index (χ0) is 28.5. The number of carbonyl (C=O) groups is 2. The van der Waals surface area contributed by atoms with Crippen molar-refractivity contribution in [3.63, 3.8) is 0 Å². The SMILES string of the molecule is O=C(NC1CCCCC1)C(Cc1ccccc1)N(Cc1c(Cl)cccc1Cl)C(=O)CSCc1c(Cl)cccc1Cl. The van der Waals surface area contributed by atoms with Crippen LogP contribution in [0.5, 0.6) is 0 Å². The number of halogens is 4. The van der Waals surface area contributed by atoms with Crippen LogP contribution in [0.15, 0.2) is 66.7 Å². The van der Waals surface area contributed by atoms with Crippen LogP contribution in [0.25, 0.3) is 0 Å². The Hall–Kier alpha value is -1.89. The van der Waals surface area contributed by atoms with Crippen LogP contribution >= 0.6 is 58.2 Å². The highest BCUT2D eigenvalue weighted by molar-refractivity contribution is 7.99. The molecule has 0 heterocycles. The molecule has 0 bridgehead atoms. The lowest BCUT2D eigenvalue weighted by Gasteiger charge is -2.34. The fraction of sp³-hybridized carbons (Fsp3) is 0.355. The van der Waals surface area contributed by atoms with Crippen molar-refractivity contribution in [2.45, 2.75) is 62.9 Å². The van der Waals surface area contributed by atoms with Gasteiger partial charge in [0.25, 0.3) is 0 Å². The smallest absolute Gasteiger partial charge is 0.243 e. The van der Waals surface area contributed by atoms with E-state index in [2.05, 4.69) is 5.32 Å². The molecule has 0 saturated heterocycles. The first-order chi connectivity index (χ1) is 19.3. The maximum Gasteiger partial charge on any atom is 0.243 e. The van der Waals surface area contributed by atoms with E-state index in [4.69, 9.17) is 46.4 Å². The van der Waals surface area contributed by atoms with Crippen LogP contribution in [-0.4, -0.2) is 34.6 Å². The number of nitrogens with zero attached hydrogens (tertiary/aromatic N) is 1. The van der Waals surface area contributed by atoms with E-state index in [9.17, 15) is 9.59 Å². The van der Waals surface area contributed by atoms with Crippen LogP contribution in [-0.2, 0) is 28.3 Å². The summed E-state index contributed by atoms with van der Waals surface area (Å²) < 4.78 is 0. The molecule has 0 spiro atoms. The lowest BCUT2D eigenvalue weighted by molar-refractivity contribution is -0.139. The van der Waals surface area contributed by atoms with Crippen molar-refractivity contribution in [1.82, 2.24) is 10.2 Å². The van der Waals surface area contributed by atoms with Crippen molar-refractivity contribution in [1.29, 1.82) is 0 Å². The summed E-state index contributed by atoms with van der Waals surface area (Å²) in [5.41, 5.74) is 2.35. The van der Waals surface area contributed by atoms with Crippen molar-refractivity contribution in [2.24, 2.45) is 0 Å². The van der Waals surface area contributed by atoms with E-state index in [1.165, 1.54) is 18.2 Å². The number of rotatable bonds is 11. The van der Waals surface area contributed by atoms with Crippen molar-refractivity contribution >= 4 is 70.0 Å². The van der Waals surface area contributed by atoms with Crippen LogP contribution in [0.2, 0.25) is 20.1 Å². The zero-order valence-corrected chi connectivity index (χ0v) is 25.9. The second-order valence-electron chi connectivity index (χ2n) is 9.96. The van der Waals surface area contributed by atoms with E-state index < -0.39 is 6.04 Å². The second-order valence-corrected chi connectivity index (χ2v) is 12.6. The van der Waals surface area contributed by atoms with Crippen LogP contribution < -0.4 is 5.32 Å². The Balaban J connectivity index is 1.62. The van der Waals surface area contributed by atoms with Gasteiger partial charge in [-0.1, -0.05) is 108 Å². The molecule has 3 aromatic rings. The third-order valence-electron chi connectivity index (χ3n) is 7.15. The molecule has 0 aliphatic heterocycles. The van der Waals surface area contributed by atoms with E-state index in [-0.39, 0.29) is 30.2 Å². The van der Waals surface area contributed by atoms with E-state index in [1.807, 2.05) is 30.3 Å². The van der Waals surface area contributed by atoms with Crippen LogP contribution in [0.1, 0.15) is 48.8 Å². The summed E-state index contributed by atoms with van der Waals surface area (Å²) in [5, 5.41) is 5.26. The molecule has 1 aliphatic rings. The highest BCUT2D eigenvalue weighted by Gasteiger charge is 2.32. The Morgan fingerprint density at radius 3 is 1.98 bits per heavy atom. The third-order valence-corrected chi connectivity index (χ3v) is 9.51. The quantitative estimate of drug-likeness (QED) is 0.229. The minimum absolute atomic E-state index is 0.108. The van der Waals surface area contributed by atoms with Gasteiger partial charge in [0, 0.05) is 50.4 Å². The molecule has 2 amide bonds. The molecule has 9 heteroatoms. The molecule has 40 heavy (non-hydrogen) atoms. The van der Waals surface area contributed by atoms with E-state index in [0.29, 0.717) is 37.8 Å². The molecule has 1 atom stereocenters. The van der Waals surface area contributed by atoms with Gasteiger partial charge < -0.3 is 10.2 Å². The molecule has 4 rings (SSSR count). The number of nitrogens with one attached hydrogen (secondary N) is 1. The highest BCUT2D eigenvalue weighted by atomic mass is 35.5. The van der Waals surface area contributed by atoms with Gasteiger partial charge in [0.2, 0.25) is 11.8 Å². The standard InChI is InChI=1S/C31H32Cl4N2O2S/c32-25-13-7-14-26(33)23(25)18-37(30(38)20-40-19-24-27(34)15-8-16-28(24)35)29(17-21-9-3-1-4-10-21)31(39)36-22-11-5-2-6-12-22/h1,3-4,7-10,13-16,22,29H,2,5-6,11-12,17-20H2,(H,36,39). The third kappa shape index (κ3) is 8.56. The molecule has 1 aliphatic carbocycles. The molecule has 4 nitrogen and oxygen atoms in total. The molecule has 3 aromatic carbocycles. The summed E-state index contributed by atoms with van der Waals surface area (Å²) in [6.07, 6.45) is 5.63. The highest BCUT2D eigenvalue weighted by Crippen LogP contribution is 2.30. The van der Waals surface area contributed by atoms with E-state index in [0.717, 1.165) is 36.8 Å². The van der Waals surface area contributed by atoms with Crippen molar-refractivity contribution in [3.05, 3.63) is 104 Å². The summed E-state index contributed by atoms with van der Waals surface area (Å²) in [4.78, 5) is 29.4. The number of hydrogen-bond acceptors (Lipinski definition) is 3.